The molecule has 1 aromatic heterocycles. The van der Waals surface area contributed by atoms with Crippen LogP contribution in [0.1, 0.15) is 59.5 Å². The Hall–Kier alpha value is -2.67. The van der Waals surface area contributed by atoms with E-state index in [2.05, 4.69) is 17.6 Å². The fraction of sp³-hybridized carbons (Fsp3) is 0.435. The minimum absolute atomic E-state index is 0.0592. The van der Waals surface area contributed by atoms with Gasteiger partial charge in [-0.2, -0.15) is 0 Å². The van der Waals surface area contributed by atoms with Gasteiger partial charge in [-0.05, 0) is 42.2 Å². The normalized spacial score (nSPS) is 16.4. The highest BCUT2D eigenvalue weighted by Gasteiger charge is 2.28. The Morgan fingerprint density at radius 2 is 1.93 bits per heavy atom. The Labute approximate surface area is 180 Å². The summed E-state index contributed by atoms with van der Waals surface area (Å²) in [6.45, 7) is 4.36. The van der Waals surface area contributed by atoms with Gasteiger partial charge in [-0.3, -0.25) is 14.4 Å². The first-order chi connectivity index (χ1) is 14.3. The van der Waals surface area contributed by atoms with Gasteiger partial charge in [0.2, 0.25) is 5.91 Å². The number of hydrogen-bond donors (Lipinski definition) is 3. The van der Waals surface area contributed by atoms with E-state index in [4.69, 9.17) is 5.11 Å². The zero-order chi connectivity index (χ0) is 21.7. The van der Waals surface area contributed by atoms with Gasteiger partial charge in [0.05, 0.1) is 5.56 Å². The van der Waals surface area contributed by atoms with Crippen LogP contribution in [-0.2, 0) is 29.0 Å². The number of rotatable bonds is 8. The largest absolute Gasteiger partial charge is 0.481 e. The number of benzene rings is 1. The maximum atomic E-state index is 13.1. The third-order valence-electron chi connectivity index (χ3n) is 5.34. The van der Waals surface area contributed by atoms with Crippen molar-refractivity contribution in [3.63, 3.8) is 0 Å². The van der Waals surface area contributed by atoms with Crippen LogP contribution >= 0.6 is 11.3 Å². The number of carbonyl (C=O) groups excluding carboxylic acids is 2. The predicted molar refractivity (Wildman–Crippen MR) is 118 cm³/mol. The van der Waals surface area contributed by atoms with Gasteiger partial charge in [0.1, 0.15) is 5.00 Å². The van der Waals surface area contributed by atoms with Gasteiger partial charge in [-0.25, -0.2) is 0 Å². The molecule has 0 fully saturated rings. The Morgan fingerprint density at radius 3 is 2.63 bits per heavy atom. The molecule has 30 heavy (non-hydrogen) atoms. The maximum Gasteiger partial charge on any atom is 0.303 e. The first-order valence-electron chi connectivity index (χ1n) is 10.3. The molecule has 0 bridgehead atoms. The van der Waals surface area contributed by atoms with Gasteiger partial charge in [-0.1, -0.05) is 44.2 Å². The highest BCUT2D eigenvalue weighted by Crippen LogP contribution is 2.39. The van der Waals surface area contributed by atoms with Crippen molar-refractivity contribution in [1.29, 1.82) is 0 Å². The summed E-state index contributed by atoms with van der Waals surface area (Å²) in [5.41, 5.74) is 2.62. The van der Waals surface area contributed by atoms with E-state index < -0.39 is 5.97 Å². The summed E-state index contributed by atoms with van der Waals surface area (Å²) in [4.78, 5) is 37.6. The van der Waals surface area contributed by atoms with E-state index in [-0.39, 0.29) is 30.6 Å². The topological polar surface area (TPSA) is 95.5 Å². The number of carbonyl (C=O) groups is 3. The van der Waals surface area contributed by atoms with E-state index in [1.165, 1.54) is 11.3 Å². The molecule has 2 aromatic rings. The van der Waals surface area contributed by atoms with Crippen LogP contribution in [0.4, 0.5) is 5.00 Å². The van der Waals surface area contributed by atoms with Gasteiger partial charge < -0.3 is 15.7 Å². The molecule has 1 aromatic carbocycles. The number of nitrogens with one attached hydrogen (secondary N) is 2. The second-order valence-corrected chi connectivity index (χ2v) is 9.28. The minimum Gasteiger partial charge on any atom is -0.481 e. The molecule has 0 saturated heterocycles. The molecule has 1 heterocycles. The summed E-state index contributed by atoms with van der Waals surface area (Å²) in [7, 11) is 0. The van der Waals surface area contributed by atoms with Crippen molar-refractivity contribution in [3.8, 4) is 0 Å². The van der Waals surface area contributed by atoms with E-state index in [1.807, 2.05) is 30.3 Å². The highest BCUT2D eigenvalue weighted by molar-refractivity contribution is 7.17. The lowest BCUT2D eigenvalue weighted by molar-refractivity contribution is -0.138. The molecular weight excluding hydrogens is 400 g/mol. The van der Waals surface area contributed by atoms with Crippen molar-refractivity contribution in [3.05, 3.63) is 51.9 Å². The molecule has 0 spiro atoms. The smallest absolute Gasteiger partial charge is 0.303 e. The van der Waals surface area contributed by atoms with Crippen molar-refractivity contribution in [1.82, 2.24) is 5.32 Å². The van der Waals surface area contributed by atoms with Gasteiger partial charge in [0, 0.05) is 24.3 Å². The number of hydrogen-bond acceptors (Lipinski definition) is 4. The Kier molecular flexibility index (Phi) is 7.26. The lowest BCUT2D eigenvalue weighted by Gasteiger charge is -2.18. The van der Waals surface area contributed by atoms with Crippen LogP contribution in [0.3, 0.4) is 0 Å². The zero-order valence-corrected chi connectivity index (χ0v) is 18.2. The van der Waals surface area contributed by atoms with Crippen molar-refractivity contribution < 1.29 is 19.5 Å². The van der Waals surface area contributed by atoms with Crippen LogP contribution in [-0.4, -0.2) is 22.9 Å². The number of aliphatic carboxylic acids is 1. The molecule has 1 aliphatic carbocycles. The lowest BCUT2D eigenvalue weighted by Crippen LogP contribution is -2.26. The SMILES string of the molecule is C[C@@H]1CCc2c(sc(NC(=O)C[C@@H](C)CC(=O)O)c2C(=O)NCc2ccccc2)C1. The molecule has 3 N–H and O–H groups in total. The lowest BCUT2D eigenvalue weighted by atomic mass is 9.88. The third-order valence-corrected chi connectivity index (χ3v) is 6.51. The van der Waals surface area contributed by atoms with Crippen LogP contribution in [0.25, 0.3) is 0 Å². The molecule has 2 atom stereocenters. The van der Waals surface area contributed by atoms with E-state index in [0.717, 1.165) is 35.3 Å². The van der Waals surface area contributed by atoms with Crippen molar-refractivity contribution in [2.75, 3.05) is 5.32 Å². The quantitative estimate of drug-likeness (QED) is 0.586. The molecule has 1 aliphatic rings. The maximum absolute atomic E-state index is 13.1. The molecule has 0 aliphatic heterocycles. The van der Waals surface area contributed by atoms with Crippen LogP contribution in [0, 0.1) is 11.8 Å². The van der Waals surface area contributed by atoms with Gasteiger partial charge >= 0.3 is 5.97 Å². The first-order valence-corrected chi connectivity index (χ1v) is 11.1. The molecule has 2 amide bonds. The summed E-state index contributed by atoms with van der Waals surface area (Å²) in [6.07, 6.45) is 2.80. The van der Waals surface area contributed by atoms with Crippen molar-refractivity contribution in [2.45, 2.75) is 52.5 Å². The first kappa shape index (κ1) is 22.0. The minimum atomic E-state index is -0.920. The van der Waals surface area contributed by atoms with Gasteiger partial charge in [0.15, 0.2) is 0 Å². The number of amides is 2. The average molecular weight is 429 g/mol. The van der Waals surface area contributed by atoms with Crippen LogP contribution in [0.15, 0.2) is 30.3 Å². The molecule has 160 valence electrons. The molecule has 0 unspecified atom stereocenters. The number of thiophene rings is 1. The van der Waals surface area contributed by atoms with E-state index in [9.17, 15) is 14.4 Å². The molecule has 3 rings (SSSR count). The highest BCUT2D eigenvalue weighted by atomic mass is 32.1. The van der Waals surface area contributed by atoms with Gasteiger partial charge in [-0.15, -0.1) is 11.3 Å². The standard InChI is InChI=1S/C23H28N2O4S/c1-14-8-9-17-18(10-14)30-23(25-19(26)11-15(2)12-20(27)28)21(17)22(29)24-13-16-6-4-3-5-7-16/h3-7,14-15H,8-13H2,1-2H3,(H,24,29)(H,25,26)(H,27,28)/t14-,15-/m1/s1. The van der Waals surface area contributed by atoms with E-state index in [1.54, 1.807) is 6.92 Å². The molecule has 0 radical (unpaired) electrons. The monoisotopic (exact) mass is 428 g/mol. The number of carboxylic acids is 1. The van der Waals surface area contributed by atoms with E-state index in [0.29, 0.717) is 23.0 Å². The Balaban J connectivity index is 1.77. The third kappa shape index (κ3) is 5.69. The predicted octanol–water partition coefficient (Wildman–Crippen LogP) is 4.24. The molecule has 0 saturated carbocycles. The summed E-state index contributed by atoms with van der Waals surface area (Å²) < 4.78 is 0. The number of carboxylic acid groups (broad SMARTS) is 1. The fourth-order valence-electron chi connectivity index (χ4n) is 3.81. The Bertz CT molecular complexity index is 923. The van der Waals surface area contributed by atoms with Crippen LogP contribution in [0.5, 0.6) is 0 Å². The molecule has 7 heteroatoms. The van der Waals surface area contributed by atoms with Gasteiger partial charge in [0.25, 0.3) is 5.91 Å². The fourth-order valence-corrected chi connectivity index (χ4v) is 5.23. The van der Waals surface area contributed by atoms with Crippen molar-refractivity contribution in [2.24, 2.45) is 11.8 Å². The summed E-state index contributed by atoms with van der Waals surface area (Å²) >= 11 is 1.48. The number of fused-ring (bicyclic) bond motifs is 1. The average Bonchev–Trinajstić information content (AvgIpc) is 3.02. The second-order valence-electron chi connectivity index (χ2n) is 8.18. The Morgan fingerprint density at radius 1 is 1.20 bits per heavy atom. The van der Waals surface area contributed by atoms with Crippen molar-refractivity contribution >= 4 is 34.1 Å². The number of anilines is 1. The summed E-state index contributed by atoms with van der Waals surface area (Å²) in [5.74, 6) is -1.08. The zero-order valence-electron chi connectivity index (χ0n) is 17.4. The summed E-state index contributed by atoms with van der Waals surface area (Å²) in [5, 5.41) is 15.4. The van der Waals surface area contributed by atoms with Crippen LogP contribution in [0.2, 0.25) is 0 Å². The second kappa shape index (κ2) is 9.89. The molecular formula is C23H28N2O4S. The summed E-state index contributed by atoms with van der Waals surface area (Å²) in [6, 6.07) is 9.70. The van der Waals surface area contributed by atoms with E-state index >= 15 is 0 Å². The molecule has 6 nitrogen and oxygen atoms in total. The van der Waals surface area contributed by atoms with Crippen LogP contribution < -0.4 is 10.6 Å².